The Hall–Kier alpha value is -1.90. The van der Waals surface area contributed by atoms with E-state index < -0.39 is 50.6 Å². The summed E-state index contributed by atoms with van der Waals surface area (Å²) in [6.45, 7) is 1.29. The molecule has 166 valence electrons. The predicted octanol–water partition coefficient (Wildman–Crippen LogP) is -0.897. The highest BCUT2D eigenvalue weighted by molar-refractivity contribution is 7.53. The second-order valence-corrected chi connectivity index (χ2v) is 8.20. The molecule has 3 heterocycles. The summed E-state index contributed by atoms with van der Waals surface area (Å²) in [6, 6.07) is 0. The van der Waals surface area contributed by atoms with Gasteiger partial charge >= 0.3 is 13.6 Å². The minimum absolute atomic E-state index is 0.102. The van der Waals surface area contributed by atoms with E-state index in [4.69, 9.17) is 40.7 Å². The fourth-order valence-corrected chi connectivity index (χ4v) is 3.61. The van der Waals surface area contributed by atoms with Crippen LogP contribution in [0.4, 0.5) is 0 Å². The van der Waals surface area contributed by atoms with Gasteiger partial charge in [0, 0.05) is 0 Å². The molecule has 0 saturated carbocycles. The first-order chi connectivity index (χ1) is 14.0. The van der Waals surface area contributed by atoms with Crippen LogP contribution in [-0.2, 0) is 18.8 Å². The number of halogens is 1. The van der Waals surface area contributed by atoms with Crippen LogP contribution in [0.2, 0.25) is 5.28 Å². The van der Waals surface area contributed by atoms with Crippen molar-refractivity contribution in [3.63, 3.8) is 0 Å². The first-order valence-corrected chi connectivity index (χ1v) is 10.5. The number of imidazole rings is 1. The summed E-state index contributed by atoms with van der Waals surface area (Å²) in [5.74, 6) is -4.23. The zero-order chi connectivity index (χ0) is 22.2. The number of carboxylic acid groups (broad SMARTS) is 1. The molecule has 5 atom stereocenters. The summed E-state index contributed by atoms with van der Waals surface area (Å²) in [6.07, 6.45) is -4.39. The standard InChI is InChI=1S/C14H18ClN4O10P/c1-2-27-10-6-9(17-14(15)18-10)19(4-16-6)11-8(21)7(20)5(29-11)3-28-13(12(22)23)30(24,25)26/h4-5,7-8,11,13,20-21H,2-3H2,1H3,(H,22,23)(H2,24,25,26)/t5-,7+,8-,11-,13?/m1/s1. The molecular formula is C14H18ClN4O10P. The highest BCUT2D eigenvalue weighted by atomic mass is 35.5. The lowest BCUT2D eigenvalue weighted by atomic mass is 10.1. The molecule has 0 aromatic carbocycles. The quantitative estimate of drug-likeness (QED) is 0.235. The van der Waals surface area contributed by atoms with E-state index in [1.807, 2.05) is 0 Å². The summed E-state index contributed by atoms with van der Waals surface area (Å²) in [4.78, 5) is 41.2. The van der Waals surface area contributed by atoms with Gasteiger partial charge in [0.15, 0.2) is 17.4 Å². The third-order valence-electron chi connectivity index (χ3n) is 4.19. The van der Waals surface area contributed by atoms with Crippen LogP contribution in [-0.4, -0.2) is 88.0 Å². The van der Waals surface area contributed by atoms with E-state index in [2.05, 4.69) is 15.0 Å². The van der Waals surface area contributed by atoms with Crippen molar-refractivity contribution in [2.45, 2.75) is 37.3 Å². The largest absolute Gasteiger partial charge is 0.479 e. The maximum Gasteiger partial charge on any atom is 0.365 e. The number of aliphatic hydroxyl groups is 2. The number of aliphatic carboxylic acids is 1. The molecular weight excluding hydrogens is 451 g/mol. The van der Waals surface area contributed by atoms with Crippen LogP contribution in [0.15, 0.2) is 6.33 Å². The van der Waals surface area contributed by atoms with Gasteiger partial charge in [0.1, 0.15) is 18.3 Å². The van der Waals surface area contributed by atoms with Crippen LogP contribution in [0.25, 0.3) is 11.2 Å². The number of ether oxygens (including phenoxy) is 3. The summed E-state index contributed by atoms with van der Waals surface area (Å²) >= 11 is 5.90. The molecule has 0 aliphatic carbocycles. The van der Waals surface area contributed by atoms with E-state index in [1.54, 1.807) is 6.92 Å². The fourth-order valence-electron chi connectivity index (χ4n) is 2.88. The van der Waals surface area contributed by atoms with Crippen molar-refractivity contribution < 1.29 is 48.7 Å². The lowest BCUT2D eigenvalue weighted by Crippen LogP contribution is -2.36. The monoisotopic (exact) mass is 468 g/mol. The fraction of sp³-hybridized carbons (Fsp3) is 0.571. The molecule has 3 rings (SSSR count). The molecule has 0 amide bonds. The van der Waals surface area contributed by atoms with Gasteiger partial charge < -0.3 is 39.3 Å². The van der Waals surface area contributed by atoms with Crippen molar-refractivity contribution in [1.82, 2.24) is 19.5 Å². The predicted molar refractivity (Wildman–Crippen MR) is 96.8 cm³/mol. The van der Waals surface area contributed by atoms with E-state index in [9.17, 15) is 19.6 Å². The molecule has 0 spiro atoms. The van der Waals surface area contributed by atoms with Crippen molar-refractivity contribution in [3.8, 4) is 5.88 Å². The van der Waals surface area contributed by atoms with Crippen LogP contribution in [0, 0.1) is 0 Å². The Balaban J connectivity index is 1.83. The van der Waals surface area contributed by atoms with Crippen LogP contribution < -0.4 is 4.74 Å². The number of fused-ring (bicyclic) bond motifs is 1. The summed E-state index contributed by atoms with van der Waals surface area (Å²) in [5.41, 5.74) is 0.355. The second kappa shape index (κ2) is 8.69. The van der Waals surface area contributed by atoms with Crippen molar-refractivity contribution >= 4 is 36.3 Å². The normalized spacial score (nSPS) is 25.5. The number of aliphatic hydroxyl groups excluding tert-OH is 2. The Morgan fingerprint density at radius 1 is 1.37 bits per heavy atom. The van der Waals surface area contributed by atoms with Crippen molar-refractivity contribution in [2.75, 3.05) is 13.2 Å². The minimum atomic E-state index is -5.12. The zero-order valence-corrected chi connectivity index (χ0v) is 16.9. The molecule has 1 saturated heterocycles. The van der Waals surface area contributed by atoms with Gasteiger partial charge in [-0.3, -0.25) is 9.13 Å². The first-order valence-electron chi connectivity index (χ1n) is 8.48. The van der Waals surface area contributed by atoms with Gasteiger partial charge in [-0.1, -0.05) is 0 Å². The van der Waals surface area contributed by atoms with Crippen LogP contribution in [0.5, 0.6) is 5.88 Å². The molecule has 2 aromatic rings. The maximum atomic E-state index is 11.2. The van der Waals surface area contributed by atoms with Crippen molar-refractivity contribution in [3.05, 3.63) is 11.6 Å². The minimum Gasteiger partial charge on any atom is -0.479 e. The molecule has 30 heavy (non-hydrogen) atoms. The number of nitrogens with zero attached hydrogens (tertiary/aromatic N) is 4. The zero-order valence-electron chi connectivity index (χ0n) is 15.3. The van der Waals surface area contributed by atoms with E-state index >= 15 is 0 Å². The summed E-state index contributed by atoms with van der Waals surface area (Å²) in [5, 5.41) is 29.3. The van der Waals surface area contributed by atoms with Crippen LogP contribution >= 0.6 is 19.2 Å². The van der Waals surface area contributed by atoms with Crippen molar-refractivity contribution in [1.29, 1.82) is 0 Å². The number of carbonyl (C=O) groups is 1. The molecule has 0 bridgehead atoms. The van der Waals surface area contributed by atoms with E-state index in [1.165, 1.54) is 10.9 Å². The second-order valence-electron chi connectivity index (χ2n) is 6.21. The number of hydrogen-bond acceptors (Lipinski definition) is 10. The Labute approximate surface area is 173 Å². The first kappa shape index (κ1) is 22.8. The van der Waals surface area contributed by atoms with E-state index in [-0.39, 0.29) is 28.9 Å². The number of carboxylic acids is 1. The highest BCUT2D eigenvalue weighted by Gasteiger charge is 2.46. The molecule has 2 aromatic heterocycles. The van der Waals surface area contributed by atoms with Gasteiger partial charge in [-0.15, -0.1) is 0 Å². The number of rotatable bonds is 8. The van der Waals surface area contributed by atoms with Gasteiger partial charge in [0.25, 0.3) is 5.85 Å². The molecule has 1 unspecified atom stereocenters. The third kappa shape index (κ3) is 4.40. The third-order valence-corrected chi connectivity index (χ3v) is 5.34. The van der Waals surface area contributed by atoms with Crippen molar-refractivity contribution in [2.24, 2.45) is 0 Å². The Morgan fingerprint density at radius 2 is 2.07 bits per heavy atom. The molecule has 5 N–H and O–H groups in total. The lowest BCUT2D eigenvalue weighted by Gasteiger charge is -2.19. The summed E-state index contributed by atoms with van der Waals surface area (Å²) < 4.78 is 28.1. The topological polar surface area (TPSA) is 207 Å². The Bertz CT molecular complexity index is 983. The van der Waals surface area contributed by atoms with Gasteiger partial charge in [0.05, 0.1) is 19.5 Å². The van der Waals surface area contributed by atoms with Gasteiger partial charge in [-0.25, -0.2) is 9.78 Å². The Morgan fingerprint density at radius 3 is 2.67 bits per heavy atom. The molecule has 1 aliphatic heterocycles. The SMILES string of the molecule is CCOc1nc(Cl)nc2c1ncn2[C@@H]1O[C@H](COC(C(=O)O)P(=O)(O)O)[C@H](O)[C@H]1O. The van der Waals surface area contributed by atoms with E-state index in [0.717, 1.165) is 0 Å². The van der Waals surface area contributed by atoms with Gasteiger partial charge in [-0.05, 0) is 18.5 Å². The van der Waals surface area contributed by atoms with Crippen LogP contribution in [0.3, 0.4) is 0 Å². The number of hydrogen-bond donors (Lipinski definition) is 5. The molecule has 1 aliphatic rings. The number of aromatic nitrogens is 4. The lowest BCUT2D eigenvalue weighted by molar-refractivity contribution is -0.149. The smallest absolute Gasteiger partial charge is 0.365 e. The highest BCUT2D eigenvalue weighted by Crippen LogP contribution is 2.42. The summed E-state index contributed by atoms with van der Waals surface area (Å²) in [7, 11) is -5.12. The Kier molecular flexibility index (Phi) is 6.60. The van der Waals surface area contributed by atoms with Gasteiger partial charge in [0.2, 0.25) is 11.2 Å². The molecule has 14 nitrogen and oxygen atoms in total. The van der Waals surface area contributed by atoms with Gasteiger partial charge in [-0.2, -0.15) is 9.97 Å². The molecule has 0 radical (unpaired) electrons. The molecule has 1 fully saturated rings. The molecule has 16 heteroatoms. The van der Waals surface area contributed by atoms with E-state index in [0.29, 0.717) is 0 Å². The maximum absolute atomic E-state index is 11.2. The average Bonchev–Trinajstić information content (AvgIpc) is 3.16. The van der Waals surface area contributed by atoms with Crippen LogP contribution in [0.1, 0.15) is 13.2 Å². The average molecular weight is 469 g/mol.